The minimum atomic E-state index is 0.760. The Morgan fingerprint density at radius 3 is 2.60 bits per heavy atom. The summed E-state index contributed by atoms with van der Waals surface area (Å²) in [5.41, 5.74) is 10.0. The molecule has 2 N–H and O–H groups in total. The zero-order valence-corrected chi connectivity index (χ0v) is 9.15. The molecule has 15 heavy (non-hydrogen) atoms. The highest BCUT2D eigenvalue weighted by molar-refractivity contribution is 5.67. The second kappa shape index (κ2) is 3.38. The molecule has 0 aliphatic rings. The van der Waals surface area contributed by atoms with Crippen molar-refractivity contribution < 1.29 is 0 Å². The van der Waals surface area contributed by atoms with Gasteiger partial charge in [0, 0.05) is 18.3 Å². The lowest BCUT2D eigenvalue weighted by Gasteiger charge is -2.09. The highest BCUT2D eigenvalue weighted by Gasteiger charge is 2.09. The molecule has 78 valence electrons. The van der Waals surface area contributed by atoms with Gasteiger partial charge in [0.2, 0.25) is 0 Å². The van der Waals surface area contributed by atoms with Crippen molar-refractivity contribution in [2.75, 3.05) is 5.73 Å². The number of aryl methyl sites for hydroxylation is 2. The summed E-state index contributed by atoms with van der Waals surface area (Å²) in [6.07, 6.45) is 1.55. The van der Waals surface area contributed by atoms with Crippen molar-refractivity contribution >= 4 is 5.69 Å². The largest absolute Gasteiger partial charge is 0.399 e. The van der Waals surface area contributed by atoms with Gasteiger partial charge in [-0.05, 0) is 37.1 Å². The summed E-state index contributed by atoms with van der Waals surface area (Å²) in [6.45, 7) is 4.12. The molecule has 2 rings (SSSR count). The van der Waals surface area contributed by atoms with E-state index in [-0.39, 0.29) is 0 Å². The second-order valence-corrected chi connectivity index (χ2v) is 3.72. The second-order valence-electron chi connectivity index (χ2n) is 3.72. The molecule has 0 spiro atoms. The van der Waals surface area contributed by atoms with Gasteiger partial charge in [-0.3, -0.25) is 0 Å². The third-order valence-corrected chi connectivity index (χ3v) is 2.64. The minimum absolute atomic E-state index is 0.760. The number of aromatic nitrogens is 3. The maximum absolute atomic E-state index is 5.83. The maximum atomic E-state index is 5.83. The first-order chi connectivity index (χ1) is 7.09. The summed E-state index contributed by atoms with van der Waals surface area (Å²) in [5.74, 6) is 0.850. The molecule has 0 saturated carbocycles. The highest BCUT2D eigenvalue weighted by Crippen LogP contribution is 2.25. The SMILES string of the molecule is Cc1cc(N)cc(-c2ncnn2C)c1C. The Bertz CT molecular complexity index is 499. The zero-order chi connectivity index (χ0) is 11.0. The van der Waals surface area contributed by atoms with Crippen LogP contribution in [-0.4, -0.2) is 14.8 Å². The third kappa shape index (κ3) is 1.58. The maximum Gasteiger partial charge on any atom is 0.158 e. The van der Waals surface area contributed by atoms with E-state index in [1.165, 1.54) is 11.1 Å². The topological polar surface area (TPSA) is 56.7 Å². The van der Waals surface area contributed by atoms with Crippen molar-refractivity contribution in [2.24, 2.45) is 7.05 Å². The minimum Gasteiger partial charge on any atom is -0.399 e. The Morgan fingerprint density at radius 2 is 2.00 bits per heavy atom. The number of benzene rings is 1. The van der Waals surface area contributed by atoms with Crippen molar-refractivity contribution in [2.45, 2.75) is 13.8 Å². The smallest absolute Gasteiger partial charge is 0.158 e. The number of nitrogens with two attached hydrogens (primary N) is 1. The fourth-order valence-corrected chi connectivity index (χ4v) is 1.66. The molecule has 2 aromatic rings. The molecule has 1 heterocycles. The molecule has 0 aliphatic carbocycles. The van der Waals surface area contributed by atoms with E-state index in [0.717, 1.165) is 17.1 Å². The Morgan fingerprint density at radius 1 is 1.27 bits per heavy atom. The average molecular weight is 202 g/mol. The van der Waals surface area contributed by atoms with Crippen LogP contribution in [0, 0.1) is 13.8 Å². The van der Waals surface area contributed by atoms with Gasteiger partial charge in [-0.15, -0.1) is 0 Å². The molecule has 0 fully saturated rings. The van der Waals surface area contributed by atoms with E-state index < -0.39 is 0 Å². The van der Waals surface area contributed by atoms with E-state index in [9.17, 15) is 0 Å². The number of hydrogen-bond donors (Lipinski definition) is 1. The number of hydrogen-bond acceptors (Lipinski definition) is 3. The number of rotatable bonds is 1. The van der Waals surface area contributed by atoms with Gasteiger partial charge >= 0.3 is 0 Å². The van der Waals surface area contributed by atoms with Crippen LogP contribution in [0.5, 0.6) is 0 Å². The Balaban J connectivity index is 2.68. The van der Waals surface area contributed by atoms with E-state index in [0.29, 0.717) is 0 Å². The van der Waals surface area contributed by atoms with Crippen molar-refractivity contribution in [1.82, 2.24) is 14.8 Å². The van der Waals surface area contributed by atoms with Crippen LogP contribution >= 0.6 is 0 Å². The van der Waals surface area contributed by atoms with Crippen molar-refractivity contribution in [3.8, 4) is 11.4 Å². The molecule has 4 heteroatoms. The van der Waals surface area contributed by atoms with Crippen LogP contribution in [0.4, 0.5) is 5.69 Å². The van der Waals surface area contributed by atoms with Gasteiger partial charge in [0.25, 0.3) is 0 Å². The van der Waals surface area contributed by atoms with Gasteiger partial charge in [-0.1, -0.05) is 0 Å². The lowest BCUT2D eigenvalue weighted by Crippen LogP contribution is -1.99. The molecule has 1 aromatic heterocycles. The summed E-state index contributed by atoms with van der Waals surface area (Å²) < 4.78 is 1.75. The fourth-order valence-electron chi connectivity index (χ4n) is 1.66. The van der Waals surface area contributed by atoms with Crippen molar-refractivity contribution in [1.29, 1.82) is 0 Å². The normalized spacial score (nSPS) is 10.6. The monoisotopic (exact) mass is 202 g/mol. The molecule has 4 nitrogen and oxygen atoms in total. The van der Waals surface area contributed by atoms with Crippen LogP contribution in [0.1, 0.15) is 11.1 Å². The first kappa shape index (κ1) is 9.71. The van der Waals surface area contributed by atoms with Gasteiger partial charge in [0.1, 0.15) is 6.33 Å². The summed E-state index contributed by atoms with van der Waals surface area (Å²) in [5, 5.41) is 4.06. The average Bonchev–Trinajstić information content (AvgIpc) is 2.58. The molecule has 0 bridgehead atoms. The predicted octanol–water partition coefficient (Wildman–Crippen LogP) is 1.68. The molecule has 0 saturated heterocycles. The third-order valence-electron chi connectivity index (χ3n) is 2.64. The fraction of sp³-hybridized carbons (Fsp3) is 0.273. The predicted molar refractivity (Wildman–Crippen MR) is 60.3 cm³/mol. The lowest BCUT2D eigenvalue weighted by atomic mass is 10.0. The van der Waals surface area contributed by atoms with Crippen LogP contribution < -0.4 is 5.73 Å². The molecule has 1 aromatic carbocycles. The van der Waals surface area contributed by atoms with E-state index in [2.05, 4.69) is 17.0 Å². The molecular formula is C11H14N4. The standard InChI is InChI=1S/C11H14N4/c1-7-4-9(12)5-10(8(7)2)11-13-6-14-15(11)3/h4-6H,12H2,1-3H3. The van der Waals surface area contributed by atoms with Gasteiger partial charge in [0.15, 0.2) is 5.82 Å². The number of nitrogen functional groups attached to an aromatic ring is 1. The van der Waals surface area contributed by atoms with Crippen LogP contribution in [0.25, 0.3) is 11.4 Å². The molecule has 0 atom stereocenters. The Kier molecular flexibility index (Phi) is 2.19. The van der Waals surface area contributed by atoms with Gasteiger partial charge < -0.3 is 5.73 Å². The number of nitrogens with zero attached hydrogens (tertiary/aromatic N) is 3. The van der Waals surface area contributed by atoms with E-state index in [4.69, 9.17) is 5.73 Å². The molecule has 0 amide bonds. The van der Waals surface area contributed by atoms with Gasteiger partial charge in [-0.2, -0.15) is 5.10 Å². The molecular weight excluding hydrogens is 188 g/mol. The first-order valence-corrected chi connectivity index (χ1v) is 4.80. The Hall–Kier alpha value is -1.84. The number of anilines is 1. The first-order valence-electron chi connectivity index (χ1n) is 4.80. The van der Waals surface area contributed by atoms with Crippen molar-refractivity contribution in [3.63, 3.8) is 0 Å². The summed E-state index contributed by atoms with van der Waals surface area (Å²) in [7, 11) is 1.88. The van der Waals surface area contributed by atoms with Crippen LogP contribution in [-0.2, 0) is 7.05 Å². The van der Waals surface area contributed by atoms with Crippen LogP contribution in [0.3, 0.4) is 0 Å². The highest BCUT2D eigenvalue weighted by atomic mass is 15.3. The molecule has 0 unspecified atom stereocenters. The quantitative estimate of drug-likeness (QED) is 0.716. The zero-order valence-electron chi connectivity index (χ0n) is 9.15. The van der Waals surface area contributed by atoms with Crippen molar-refractivity contribution in [3.05, 3.63) is 29.6 Å². The van der Waals surface area contributed by atoms with E-state index >= 15 is 0 Å². The van der Waals surface area contributed by atoms with E-state index in [1.807, 2.05) is 26.1 Å². The van der Waals surface area contributed by atoms with Gasteiger partial charge in [-0.25, -0.2) is 9.67 Å². The Labute approximate surface area is 88.8 Å². The van der Waals surface area contributed by atoms with Crippen LogP contribution in [0.15, 0.2) is 18.5 Å². The van der Waals surface area contributed by atoms with Gasteiger partial charge in [0.05, 0.1) is 0 Å². The summed E-state index contributed by atoms with van der Waals surface area (Å²) in [6, 6.07) is 3.90. The molecule has 0 radical (unpaired) electrons. The molecule has 0 aliphatic heterocycles. The van der Waals surface area contributed by atoms with Crippen LogP contribution in [0.2, 0.25) is 0 Å². The summed E-state index contributed by atoms with van der Waals surface area (Å²) in [4.78, 5) is 4.23. The lowest BCUT2D eigenvalue weighted by molar-refractivity contribution is 0.774. The van der Waals surface area contributed by atoms with E-state index in [1.54, 1.807) is 11.0 Å². The summed E-state index contributed by atoms with van der Waals surface area (Å²) >= 11 is 0.